The zero-order valence-electron chi connectivity index (χ0n) is 33.2. The Morgan fingerprint density at radius 2 is 1.81 bits per heavy atom. The Hall–Kier alpha value is -4.75. The average Bonchev–Trinajstić information content (AvgIpc) is 4.07. The van der Waals surface area contributed by atoms with Gasteiger partial charge < -0.3 is 29.7 Å². The van der Waals surface area contributed by atoms with Gasteiger partial charge in [0.2, 0.25) is 33.3 Å². The SMILES string of the molecule is COc1ccc2c(O[C@@H]3C[C@H]4C(=O)N[C@]5(C(=O)NS(=O)(=O)C6(CF)CC6)C[C@H]5/C=C\CC[C@@H](C)C[C@@H](C)[C@H](NC(=O)OC(C)(C)C(F)(F)F)C(=O)N4C3)ncc(F)c2c1. The molecule has 1 saturated heterocycles. The van der Waals surface area contributed by atoms with Crippen LogP contribution in [0.5, 0.6) is 11.6 Å². The normalized spacial score (nSPS) is 29.2. The Kier molecular flexibility index (Phi) is 11.9. The molecule has 4 aliphatic rings. The van der Waals surface area contributed by atoms with Crippen molar-refractivity contribution in [2.24, 2.45) is 17.8 Å². The maximum Gasteiger partial charge on any atom is 0.427 e. The fraction of sp³-hybridized carbons (Fsp3) is 0.615. The van der Waals surface area contributed by atoms with Gasteiger partial charge in [0.05, 0.1) is 19.9 Å². The molecule has 6 rings (SSSR count). The number of benzene rings is 1. The lowest BCUT2D eigenvalue weighted by molar-refractivity contribution is -0.244. The number of alkyl carbamates (subject to hydrolysis) is 1. The summed E-state index contributed by atoms with van der Waals surface area (Å²) in [7, 11) is -3.09. The van der Waals surface area contributed by atoms with Crippen molar-refractivity contribution in [2.75, 3.05) is 20.3 Å². The zero-order valence-corrected chi connectivity index (χ0v) is 34.0. The number of halogens is 5. The van der Waals surface area contributed by atoms with Crippen LogP contribution in [0, 0.1) is 23.6 Å². The number of nitrogens with zero attached hydrogens (tertiary/aromatic N) is 2. The number of aromatic nitrogens is 1. The fourth-order valence-electron chi connectivity index (χ4n) is 7.74. The second kappa shape index (κ2) is 16.0. The number of rotatable bonds is 9. The van der Waals surface area contributed by atoms with E-state index in [4.69, 9.17) is 14.2 Å². The van der Waals surface area contributed by atoms with Crippen LogP contribution in [0.15, 0.2) is 36.5 Å². The van der Waals surface area contributed by atoms with Crippen molar-refractivity contribution in [3.63, 3.8) is 0 Å². The van der Waals surface area contributed by atoms with Gasteiger partial charge in [-0.3, -0.25) is 19.1 Å². The van der Waals surface area contributed by atoms with Crippen molar-refractivity contribution in [1.82, 2.24) is 25.2 Å². The number of ether oxygens (including phenoxy) is 3. The molecule has 0 bridgehead atoms. The average molecular weight is 858 g/mol. The van der Waals surface area contributed by atoms with E-state index in [-0.39, 0.29) is 54.8 Å². The molecular formula is C39H48F5N5O9S. The van der Waals surface area contributed by atoms with Crippen LogP contribution < -0.4 is 24.8 Å². The number of hydrogen-bond donors (Lipinski definition) is 3. The summed E-state index contributed by atoms with van der Waals surface area (Å²) in [6, 6.07) is 1.51. The van der Waals surface area contributed by atoms with Crippen molar-refractivity contribution in [2.45, 2.75) is 113 Å². The van der Waals surface area contributed by atoms with Crippen LogP contribution in [0.2, 0.25) is 0 Å². The second-order valence-corrected chi connectivity index (χ2v) is 18.7. The molecule has 2 saturated carbocycles. The van der Waals surface area contributed by atoms with Crippen molar-refractivity contribution < 1.29 is 63.8 Å². The molecule has 3 N–H and O–H groups in total. The van der Waals surface area contributed by atoms with Crippen LogP contribution in [0.1, 0.15) is 72.6 Å². The van der Waals surface area contributed by atoms with Gasteiger partial charge in [-0.2, -0.15) is 13.2 Å². The molecule has 59 heavy (non-hydrogen) atoms. The van der Waals surface area contributed by atoms with E-state index < -0.39 is 98.4 Å². The van der Waals surface area contributed by atoms with Crippen molar-refractivity contribution >= 4 is 44.6 Å². The third-order valence-corrected chi connectivity index (χ3v) is 14.0. The van der Waals surface area contributed by atoms with Crippen LogP contribution in [-0.2, 0) is 29.1 Å². The molecule has 1 aromatic heterocycles. The Morgan fingerprint density at radius 1 is 1.10 bits per heavy atom. The van der Waals surface area contributed by atoms with Gasteiger partial charge in [-0.05, 0) is 82.4 Å². The highest BCUT2D eigenvalue weighted by Crippen LogP contribution is 2.48. The summed E-state index contributed by atoms with van der Waals surface area (Å²) in [5, 5.41) is 5.32. The molecule has 2 aliphatic carbocycles. The van der Waals surface area contributed by atoms with Gasteiger partial charge in [0, 0.05) is 23.1 Å². The molecule has 3 heterocycles. The van der Waals surface area contributed by atoms with Crippen LogP contribution in [-0.4, -0.2) is 103 Å². The van der Waals surface area contributed by atoms with E-state index >= 15 is 0 Å². The lowest BCUT2D eigenvalue weighted by atomic mass is 9.88. The largest absolute Gasteiger partial charge is 0.497 e. The number of alkyl halides is 4. The Balaban J connectivity index is 1.36. The van der Waals surface area contributed by atoms with E-state index in [1.54, 1.807) is 25.1 Å². The predicted molar refractivity (Wildman–Crippen MR) is 202 cm³/mol. The van der Waals surface area contributed by atoms with Gasteiger partial charge in [0.15, 0.2) is 0 Å². The van der Waals surface area contributed by atoms with E-state index in [1.165, 1.54) is 19.2 Å². The highest BCUT2D eigenvalue weighted by atomic mass is 32.2. The van der Waals surface area contributed by atoms with Crippen LogP contribution >= 0.6 is 0 Å². The lowest BCUT2D eigenvalue weighted by Gasteiger charge is -2.34. The molecular weight excluding hydrogens is 810 g/mol. The number of pyridine rings is 1. The van der Waals surface area contributed by atoms with Gasteiger partial charge in [-0.15, -0.1) is 0 Å². The Morgan fingerprint density at radius 3 is 2.46 bits per heavy atom. The highest BCUT2D eigenvalue weighted by molar-refractivity contribution is 7.91. The summed E-state index contributed by atoms with van der Waals surface area (Å²) in [4.78, 5) is 61.3. The summed E-state index contributed by atoms with van der Waals surface area (Å²) in [5.41, 5.74) is -4.74. The van der Waals surface area contributed by atoms with E-state index in [0.29, 0.717) is 38.9 Å². The molecule has 0 radical (unpaired) electrons. The molecule has 7 atom stereocenters. The molecule has 0 unspecified atom stereocenters. The number of sulfonamides is 1. The standard InChI is InChI=1S/C39H48F5N5O9S/c1-21-8-6-7-9-23-17-38(23,34(52)48-59(54,55)37(20-40)12-13-37)47-31(50)29-16-25(57-32-26-11-10-24(56-5)15-27(26)28(41)18-45-32)19-49(29)33(51)30(22(2)14-21)46-35(53)58-36(3,4)39(42,43)44/h7,9-11,15,18,21-23,25,29-30H,6,8,12-14,16-17,19-20H2,1-5H3,(H,46,53)(H,47,50)(H,48,52)/b9-7-/t21-,22-,23-,25-,29+,30+,38-/m1/s1. The van der Waals surface area contributed by atoms with Gasteiger partial charge >= 0.3 is 12.3 Å². The molecule has 3 fully saturated rings. The first-order valence-electron chi connectivity index (χ1n) is 19.3. The monoisotopic (exact) mass is 857 g/mol. The maximum atomic E-state index is 14.9. The molecule has 0 spiro atoms. The van der Waals surface area contributed by atoms with Crippen LogP contribution in [0.4, 0.5) is 26.7 Å². The Bertz CT molecular complexity index is 2130. The molecule has 14 nitrogen and oxygen atoms in total. The summed E-state index contributed by atoms with van der Waals surface area (Å²) in [6.07, 6.45) is -2.05. The quantitative estimate of drug-likeness (QED) is 0.229. The Labute approximate surface area is 338 Å². The number of methoxy groups -OCH3 is 1. The molecule has 4 amide bonds. The third-order valence-electron chi connectivity index (χ3n) is 11.9. The summed E-state index contributed by atoms with van der Waals surface area (Å²) in [6.45, 7) is 3.27. The smallest absolute Gasteiger partial charge is 0.427 e. The number of carbonyl (C=O) groups is 4. The number of amides is 4. The number of hydrogen-bond acceptors (Lipinski definition) is 10. The topological polar surface area (TPSA) is 182 Å². The first-order valence-corrected chi connectivity index (χ1v) is 20.8. The summed E-state index contributed by atoms with van der Waals surface area (Å²) < 4.78 is 113. The first kappa shape index (κ1) is 43.8. The highest BCUT2D eigenvalue weighted by Gasteiger charge is 2.64. The van der Waals surface area contributed by atoms with Crippen molar-refractivity contribution in [3.8, 4) is 11.6 Å². The first-order chi connectivity index (χ1) is 27.6. The number of allylic oxidation sites excluding steroid dienone is 1. The van der Waals surface area contributed by atoms with Gasteiger partial charge in [-0.25, -0.2) is 27.0 Å². The third kappa shape index (κ3) is 8.77. The van der Waals surface area contributed by atoms with Gasteiger partial charge in [-0.1, -0.05) is 26.0 Å². The molecule has 324 valence electrons. The van der Waals surface area contributed by atoms with E-state index in [1.807, 2.05) is 11.6 Å². The minimum atomic E-state index is -4.95. The van der Waals surface area contributed by atoms with Gasteiger partial charge in [0.1, 0.15) is 46.7 Å². The second-order valence-electron chi connectivity index (χ2n) is 16.7. The maximum absolute atomic E-state index is 14.9. The molecule has 2 aliphatic heterocycles. The summed E-state index contributed by atoms with van der Waals surface area (Å²) in [5.74, 6) is -4.75. The van der Waals surface area contributed by atoms with Crippen LogP contribution in [0.3, 0.4) is 0 Å². The fourth-order valence-corrected chi connectivity index (χ4v) is 9.16. The molecule has 20 heteroatoms. The van der Waals surface area contributed by atoms with Crippen molar-refractivity contribution in [3.05, 3.63) is 42.4 Å². The number of fused-ring (bicyclic) bond motifs is 3. The van der Waals surface area contributed by atoms with E-state index in [9.17, 15) is 49.5 Å². The molecule has 1 aromatic carbocycles. The number of carbonyl (C=O) groups excluding carboxylic acids is 4. The van der Waals surface area contributed by atoms with E-state index in [0.717, 1.165) is 11.1 Å². The molecule has 2 aromatic rings. The van der Waals surface area contributed by atoms with Gasteiger partial charge in [0.25, 0.3) is 5.91 Å². The van der Waals surface area contributed by atoms with Crippen molar-refractivity contribution in [1.29, 1.82) is 0 Å². The summed E-state index contributed by atoms with van der Waals surface area (Å²) >= 11 is 0. The number of nitrogens with one attached hydrogen (secondary N) is 3. The minimum Gasteiger partial charge on any atom is -0.497 e. The minimum absolute atomic E-state index is 0.00807. The predicted octanol–water partition coefficient (Wildman–Crippen LogP) is 5.00. The zero-order chi connectivity index (χ0) is 43.3. The van der Waals surface area contributed by atoms with Crippen LogP contribution in [0.25, 0.3) is 10.8 Å². The van der Waals surface area contributed by atoms with E-state index in [2.05, 4.69) is 15.6 Å². The lowest BCUT2D eigenvalue weighted by Crippen LogP contribution is -2.60.